The van der Waals surface area contributed by atoms with Crippen molar-refractivity contribution in [3.05, 3.63) is 64.7 Å². The Kier molecular flexibility index (Phi) is 9.75. The predicted octanol–water partition coefficient (Wildman–Crippen LogP) is 5.33. The fraction of sp³-hybridized carbons (Fsp3) is 0.467. The molecule has 1 amide bonds. The zero-order chi connectivity index (χ0) is 27.1. The molecule has 1 unspecified atom stereocenters. The molecule has 1 fully saturated rings. The lowest BCUT2D eigenvalue weighted by atomic mass is 9.94. The van der Waals surface area contributed by atoms with Gasteiger partial charge in [-0.05, 0) is 82.7 Å². The highest BCUT2D eigenvalue weighted by Gasteiger charge is 2.45. The van der Waals surface area contributed by atoms with Gasteiger partial charge in [-0.15, -0.1) is 0 Å². The van der Waals surface area contributed by atoms with Gasteiger partial charge in [-0.1, -0.05) is 31.9 Å². The Bertz CT molecular complexity index is 1120. The SMILES string of the molecule is CCCCCOc1ccc(C2C(=C(O)c3ccc(OC(C)C)c(C)c3)C(=O)C(=O)N2CCN(C)C)cc1. The molecule has 3 rings (SSSR count). The topological polar surface area (TPSA) is 79.3 Å². The Balaban J connectivity index is 2.00. The Hall–Kier alpha value is -3.32. The van der Waals surface area contributed by atoms with Crippen molar-refractivity contribution in [2.75, 3.05) is 33.8 Å². The lowest BCUT2D eigenvalue weighted by molar-refractivity contribution is -0.140. The summed E-state index contributed by atoms with van der Waals surface area (Å²) in [6, 6.07) is 12.0. The number of rotatable bonds is 12. The van der Waals surface area contributed by atoms with Crippen molar-refractivity contribution in [2.24, 2.45) is 0 Å². The highest BCUT2D eigenvalue weighted by Crippen LogP contribution is 2.40. The van der Waals surface area contributed by atoms with E-state index in [9.17, 15) is 14.7 Å². The Labute approximate surface area is 220 Å². The molecule has 1 aliphatic heterocycles. The number of carbonyl (C=O) groups excluding carboxylic acids is 2. The summed E-state index contributed by atoms with van der Waals surface area (Å²) in [5.74, 6) is -0.0219. The van der Waals surface area contributed by atoms with E-state index < -0.39 is 17.7 Å². The van der Waals surface area contributed by atoms with Crippen LogP contribution in [-0.4, -0.2) is 66.5 Å². The molecule has 0 radical (unpaired) electrons. The van der Waals surface area contributed by atoms with Crippen LogP contribution in [0.3, 0.4) is 0 Å². The van der Waals surface area contributed by atoms with Crippen molar-refractivity contribution in [2.45, 2.75) is 59.1 Å². The second-order valence-electron chi connectivity index (χ2n) is 10.1. The molecule has 0 saturated carbocycles. The number of unbranched alkanes of at least 4 members (excludes halogenated alkanes) is 2. The number of benzene rings is 2. The van der Waals surface area contributed by atoms with Gasteiger partial charge in [0.2, 0.25) is 0 Å². The number of amides is 1. The van der Waals surface area contributed by atoms with E-state index >= 15 is 0 Å². The van der Waals surface area contributed by atoms with Gasteiger partial charge in [-0.25, -0.2) is 0 Å². The fourth-order valence-corrected chi connectivity index (χ4v) is 4.39. The lowest BCUT2D eigenvalue weighted by Gasteiger charge is -2.26. The standard InChI is InChI=1S/C30H40N2O5/c1-7-8-9-18-36-24-13-10-22(11-14-24)27-26(29(34)30(35)32(27)17-16-31(5)6)28(33)23-12-15-25(21(4)19-23)37-20(2)3/h10-15,19-20,27,33H,7-9,16-18H2,1-6H3. The van der Waals surface area contributed by atoms with Crippen molar-refractivity contribution in [1.82, 2.24) is 9.80 Å². The smallest absolute Gasteiger partial charge is 0.295 e. The molecular formula is C30H40N2O5. The number of likely N-dealkylation sites (N-methyl/N-ethyl adjacent to an activating group) is 1. The third kappa shape index (κ3) is 6.92. The number of likely N-dealkylation sites (tertiary alicyclic amines) is 1. The molecule has 37 heavy (non-hydrogen) atoms. The van der Waals surface area contributed by atoms with E-state index in [-0.39, 0.29) is 17.4 Å². The Morgan fingerprint density at radius 3 is 2.38 bits per heavy atom. The van der Waals surface area contributed by atoms with Crippen LogP contribution in [0.5, 0.6) is 11.5 Å². The van der Waals surface area contributed by atoms with Crippen LogP contribution in [0.1, 0.15) is 62.8 Å². The maximum Gasteiger partial charge on any atom is 0.295 e. The van der Waals surface area contributed by atoms with Gasteiger partial charge in [0.25, 0.3) is 11.7 Å². The molecule has 2 aromatic rings. The highest BCUT2D eigenvalue weighted by atomic mass is 16.5. The second kappa shape index (κ2) is 12.8. The lowest BCUT2D eigenvalue weighted by Crippen LogP contribution is -2.35. The zero-order valence-corrected chi connectivity index (χ0v) is 22.9. The minimum absolute atomic E-state index is 0.0127. The number of carbonyl (C=O) groups is 2. The molecule has 0 bridgehead atoms. The summed E-state index contributed by atoms with van der Waals surface area (Å²) in [5.41, 5.74) is 2.15. The van der Waals surface area contributed by atoms with E-state index in [0.29, 0.717) is 31.0 Å². The minimum atomic E-state index is -0.694. The first-order valence-corrected chi connectivity index (χ1v) is 13.1. The summed E-state index contributed by atoms with van der Waals surface area (Å²) in [5, 5.41) is 11.4. The van der Waals surface area contributed by atoms with Gasteiger partial charge in [-0.2, -0.15) is 0 Å². The van der Waals surface area contributed by atoms with Gasteiger partial charge >= 0.3 is 0 Å². The normalized spacial score (nSPS) is 17.2. The van der Waals surface area contributed by atoms with Crippen LogP contribution in [0.15, 0.2) is 48.0 Å². The number of ketones is 1. The first kappa shape index (κ1) is 28.3. The van der Waals surface area contributed by atoms with Crippen LogP contribution in [0.2, 0.25) is 0 Å². The molecule has 1 N–H and O–H groups in total. The van der Waals surface area contributed by atoms with Crippen LogP contribution in [-0.2, 0) is 9.59 Å². The molecule has 200 valence electrons. The van der Waals surface area contributed by atoms with Gasteiger partial charge in [0.15, 0.2) is 0 Å². The quantitative estimate of drug-likeness (QED) is 0.181. The molecular weight excluding hydrogens is 468 g/mol. The summed E-state index contributed by atoms with van der Waals surface area (Å²) in [7, 11) is 3.83. The van der Waals surface area contributed by atoms with Crippen LogP contribution in [0.25, 0.3) is 5.76 Å². The van der Waals surface area contributed by atoms with Crippen LogP contribution >= 0.6 is 0 Å². The maximum atomic E-state index is 13.3. The molecule has 7 nitrogen and oxygen atoms in total. The van der Waals surface area contributed by atoms with Crippen molar-refractivity contribution < 1.29 is 24.2 Å². The van der Waals surface area contributed by atoms with E-state index in [1.807, 2.05) is 64.0 Å². The summed E-state index contributed by atoms with van der Waals surface area (Å²) in [6.07, 6.45) is 3.24. The van der Waals surface area contributed by atoms with E-state index in [4.69, 9.17) is 9.47 Å². The number of hydrogen-bond donors (Lipinski definition) is 1. The third-order valence-corrected chi connectivity index (χ3v) is 6.35. The van der Waals surface area contributed by atoms with Gasteiger partial charge in [-0.3, -0.25) is 9.59 Å². The van der Waals surface area contributed by atoms with E-state index in [1.165, 1.54) is 0 Å². The summed E-state index contributed by atoms with van der Waals surface area (Å²) < 4.78 is 11.7. The predicted molar refractivity (Wildman–Crippen MR) is 146 cm³/mol. The minimum Gasteiger partial charge on any atom is -0.507 e. The van der Waals surface area contributed by atoms with Crippen LogP contribution < -0.4 is 9.47 Å². The summed E-state index contributed by atoms with van der Waals surface area (Å²) in [6.45, 7) is 9.52. The zero-order valence-electron chi connectivity index (χ0n) is 22.9. The molecule has 1 aliphatic rings. The van der Waals surface area contributed by atoms with E-state index in [2.05, 4.69) is 6.92 Å². The van der Waals surface area contributed by atoms with E-state index in [0.717, 1.165) is 36.1 Å². The molecule has 1 atom stereocenters. The number of nitrogens with zero attached hydrogens (tertiary/aromatic N) is 2. The number of Topliss-reactive ketones (excluding diaryl/α,β-unsaturated/α-hetero) is 1. The van der Waals surface area contributed by atoms with Gasteiger partial charge < -0.3 is 24.4 Å². The monoisotopic (exact) mass is 508 g/mol. The maximum absolute atomic E-state index is 13.3. The van der Waals surface area contributed by atoms with Crippen molar-refractivity contribution >= 4 is 17.4 Å². The Morgan fingerprint density at radius 2 is 1.78 bits per heavy atom. The Morgan fingerprint density at radius 1 is 1.08 bits per heavy atom. The molecule has 0 aromatic heterocycles. The fourth-order valence-electron chi connectivity index (χ4n) is 4.39. The average Bonchev–Trinajstić information content (AvgIpc) is 3.11. The number of aliphatic hydroxyl groups excluding tert-OH is 1. The van der Waals surface area contributed by atoms with Gasteiger partial charge in [0.05, 0.1) is 24.3 Å². The summed E-state index contributed by atoms with van der Waals surface area (Å²) >= 11 is 0. The first-order valence-electron chi connectivity index (χ1n) is 13.1. The summed E-state index contributed by atoms with van der Waals surface area (Å²) in [4.78, 5) is 29.9. The number of aliphatic hydroxyl groups is 1. The van der Waals surface area contributed by atoms with Crippen LogP contribution in [0.4, 0.5) is 0 Å². The van der Waals surface area contributed by atoms with Crippen molar-refractivity contribution in [3.8, 4) is 11.5 Å². The average molecular weight is 509 g/mol. The molecule has 2 aromatic carbocycles. The van der Waals surface area contributed by atoms with Gasteiger partial charge in [0.1, 0.15) is 17.3 Å². The van der Waals surface area contributed by atoms with Gasteiger partial charge in [0, 0.05) is 18.7 Å². The molecule has 1 heterocycles. The molecule has 7 heteroatoms. The largest absolute Gasteiger partial charge is 0.507 e. The third-order valence-electron chi connectivity index (χ3n) is 6.35. The number of aryl methyl sites for hydroxylation is 1. The van der Waals surface area contributed by atoms with Crippen molar-refractivity contribution in [3.63, 3.8) is 0 Å². The van der Waals surface area contributed by atoms with Crippen molar-refractivity contribution in [1.29, 1.82) is 0 Å². The number of hydrogen-bond acceptors (Lipinski definition) is 6. The highest BCUT2D eigenvalue weighted by molar-refractivity contribution is 6.46. The first-order chi connectivity index (χ1) is 17.6. The molecule has 1 saturated heterocycles. The number of ether oxygens (including phenoxy) is 2. The van der Waals surface area contributed by atoms with Crippen LogP contribution in [0, 0.1) is 6.92 Å². The molecule has 0 aliphatic carbocycles. The molecule has 0 spiro atoms. The second-order valence-corrected chi connectivity index (χ2v) is 10.1. The van der Waals surface area contributed by atoms with E-state index in [1.54, 1.807) is 23.1 Å².